The van der Waals surface area contributed by atoms with Gasteiger partial charge in [-0.25, -0.2) is 0 Å². The highest BCUT2D eigenvalue weighted by Gasteiger charge is 2.19. The summed E-state index contributed by atoms with van der Waals surface area (Å²) in [6.45, 7) is 8.95. The molecule has 0 amide bonds. The van der Waals surface area contributed by atoms with Gasteiger partial charge in [0.25, 0.3) is 0 Å². The van der Waals surface area contributed by atoms with E-state index in [2.05, 4.69) is 19.2 Å². The van der Waals surface area contributed by atoms with Gasteiger partial charge in [0.2, 0.25) is 0 Å². The summed E-state index contributed by atoms with van der Waals surface area (Å²) in [7, 11) is 1.62. The molecule has 4 heteroatoms. The van der Waals surface area contributed by atoms with Crippen LogP contribution in [0.3, 0.4) is 0 Å². The van der Waals surface area contributed by atoms with Gasteiger partial charge in [0.1, 0.15) is 6.61 Å². The van der Waals surface area contributed by atoms with Crippen molar-refractivity contribution < 1.29 is 14.6 Å². The molecule has 0 fully saturated rings. The molecule has 0 bridgehead atoms. The highest BCUT2D eigenvalue weighted by molar-refractivity contribution is 5.43. The van der Waals surface area contributed by atoms with Crippen LogP contribution in [0.2, 0.25) is 0 Å². The van der Waals surface area contributed by atoms with Gasteiger partial charge in [-0.05, 0) is 31.0 Å². The minimum absolute atomic E-state index is 0.251. The Hall–Kier alpha value is -1.26. The number of ether oxygens (including phenoxy) is 2. The average molecular weight is 281 g/mol. The molecule has 1 aromatic carbocycles. The molecule has 0 heterocycles. The second kappa shape index (κ2) is 7.50. The van der Waals surface area contributed by atoms with Gasteiger partial charge in [0.15, 0.2) is 11.5 Å². The van der Waals surface area contributed by atoms with E-state index in [0.29, 0.717) is 24.0 Å². The predicted molar refractivity (Wildman–Crippen MR) is 81.4 cm³/mol. The molecule has 1 atom stereocenters. The second-order valence-corrected chi connectivity index (χ2v) is 5.66. The summed E-state index contributed by atoms with van der Waals surface area (Å²) in [5.41, 5.74) is 0.308. The molecule has 114 valence electrons. The van der Waals surface area contributed by atoms with Crippen LogP contribution < -0.4 is 14.8 Å². The van der Waals surface area contributed by atoms with Gasteiger partial charge >= 0.3 is 0 Å². The number of hydrogen-bond donors (Lipinski definition) is 2. The molecule has 0 saturated carbocycles. The lowest BCUT2D eigenvalue weighted by Gasteiger charge is -2.22. The first-order chi connectivity index (χ1) is 9.38. The van der Waals surface area contributed by atoms with E-state index in [0.717, 1.165) is 12.1 Å². The Morgan fingerprint density at radius 2 is 2.00 bits per heavy atom. The molecule has 0 spiro atoms. The topological polar surface area (TPSA) is 50.7 Å². The zero-order chi connectivity index (χ0) is 15.2. The Labute approximate surface area is 122 Å². The molecule has 20 heavy (non-hydrogen) atoms. The molecule has 1 rings (SSSR count). The van der Waals surface area contributed by atoms with E-state index in [1.807, 2.05) is 25.1 Å². The van der Waals surface area contributed by atoms with Crippen molar-refractivity contribution >= 4 is 0 Å². The van der Waals surface area contributed by atoms with Gasteiger partial charge in [-0.3, -0.25) is 0 Å². The SMILES string of the molecule is CCC(C)(O)COc1cc(CNC(C)C)ccc1OC. The lowest BCUT2D eigenvalue weighted by molar-refractivity contribution is 0.00773. The van der Waals surface area contributed by atoms with E-state index in [1.165, 1.54) is 0 Å². The van der Waals surface area contributed by atoms with Crippen LogP contribution in [-0.4, -0.2) is 30.5 Å². The smallest absolute Gasteiger partial charge is 0.161 e. The average Bonchev–Trinajstić information content (AvgIpc) is 2.43. The molecule has 1 aromatic rings. The molecule has 0 saturated heterocycles. The third-order valence-electron chi connectivity index (χ3n) is 3.24. The Morgan fingerprint density at radius 3 is 2.55 bits per heavy atom. The Morgan fingerprint density at radius 1 is 1.30 bits per heavy atom. The van der Waals surface area contributed by atoms with Crippen molar-refractivity contribution in [3.8, 4) is 11.5 Å². The van der Waals surface area contributed by atoms with Crippen LogP contribution in [0.25, 0.3) is 0 Å². The van der Waals surface area contributed by atoms with Gasteiger partial charge in [-0.1, -0.05) is 26.8 Å². The van der Waals surface area contributed by atoms with Crippen LogP contribution >= 0.6 is 0 Å². The summed E-state index contributed by atoms with van der Waals surface area (Å²) >= 11 is 0. The summed E-state index contributed by atoms with van der Waals surface area (Å²) in [6, 6.07) is 6.30. The molecule has 0 radical (unpaired) electrons. The Balaban J connectivity index is 2.78. The lowest BCUT2D eigenvalue weighted by Crippen LogP contribution is -2.31. The van der Waals surface area contributed by atoms with Crippen molar-refractivity contribution in [2.75, 3.05) is 13.7 Å². The molecule has 4 nitrogen and oxygen atoms in total. The minimum atomic E-state index is -0.822. The Kier molecular flexibility index (Phi) is 6.30. The maximum Gasteiger partial charge on any atom is 0.161 e. The van der Waals surface area contributed by atoms with E-state index >= 15 is 0 Å². The summed E-state index contributed by atoms with van der Waals surface area (Å²) in [5.74, 6) is 1.36. The number of methoxy groups -OCH3 is 1. The van der Waals surface area contributed by atoms with Crippen molar-refractivity contribution in [2.24, 2.45) is 0 Å². The van der Waals surface area contributed by atoms with E-state index in [4.69, 9.17) is 9.47 Å². The number of rotatable bonds is 8. The normalized spacial score (nSPS) is 14.2. The zero-order valence-corrected chi connectivity index (χ0v) is 13.2. The molecule has 1 unspecified atom stereocenters. The van der Waals surface area contributed by atoms with Crippen LogP contribution in [0, 0.1) is 0 Å². The van der Waals surface area contributed by atoms with Crippen LogP contribution in [0.15, 0.2) is 18.2 Å². The standard InChI is InChI=1S/C16H27NO3/c1-6-16(4,18)11-20-15-9-13(10-17-12(2)3)7-8-14(15)19-5/h7-9,12,17-18H,6,10-11H2,1-5H3. The number of hydrogen-bond acceptors (Lipinski definition) is 4. The maximum absolute atomic E-state index is 10.0. The molecular formula is C16H27NO3. The summed E-state index contributed by atoms with van der Waals surface area (Å²) in [5, 5.41) is 13.4. The third kappa shape index (κ3) is 5.39. The molecule has 0 aliphatic rings. The van der Waals surface area contributed by atoms with Crippen LogP contribution in [0.4, 0.5) is 0 Å². The third-order valence-corrected chi connectivity index (χ3v) is 3.24. The number of benzene rings is 1. The first kappa shape index (κ1) is 16.8. The van der Waals surface area contributed by atoms with Gasteiger partial charge < -0.3 is 19.9 Å². The molecule has 2 N–H and O–H groups in total. The molecular weight excluding hydrogens is 254 g/mol. The molecule has 0 aliphatic carbocycles. The summed E-state index contributed by atoms with van der Waals surface area (Å²) in [4.78, 5) is 0. The van der Waals surface area contributed by atoms with Gasteiger partial charge in [-0.15, -0.1) is 0 Å². The summed E-state index contributed by atoms with van der Waals surface area (Å²) in [6.07, 6.45) is 0.643. The van der Waals surface area contributed by atoms with E-state index in [-0.39, 0.29) is 6.61 Å². The fourth-order valence-corrected chi connectivity index (χ4v) is 1.60. The van der Waals surface area contributed by atoms with Crippen molar-refractivity contribution in [1.82, 2.24) is 5.32 Å². The highest BCUT2D eigenvalue weighted by atomic mass is 16.5. The van der Waals surface area contributed by atoms with Gasteiger partial charge in [0.05, 0.1) is 12.7 Å². The quantitative estimate of drug-likeness (QED) is 0.769. The first-order valence-corrected chi connectivity index (χ1v) is 7.13. The van der Waals surface area contributed by atoms with Crippen molar-refractivity contribution in [1.29, 1.82) is 0 Å². The number of nitrogens with one attached hydrogen (secondary N) is 1. The second-order valence-electron chi connectivity index (χ2n) is 5.66. The van der Waals surface area contributed by atoms with E-state index in [9.17, 15) is 5.11 Å². The summed E-state index contributed by atoms with van der Waals surface area (Å²) < 4.78 is 11.0. The lowest BCUT2D eigenvalue weighted by atomic mass is 10.1. The van der Waals surface area contributed by atoms with Crippen LogP contribution in [-0.2, 0) is 6.54 Å². The predicted octanol–water partition coefficient (Wildman–Crippen LogP) is 2.73. The molecule has 0 aromatic heterocycles. The largest absolute Gasteiger partial charge is 0.493 e. The Bertz CT molecular complexity index is 416. The van der Waals surface area contributed by atoms with E-state index in [1.54, 1.807) is 14.0 Å². The molecule has 0 aliphatic heterocycles. The maximum atomic E-state index is 10.0. The van der Waals surface area contributed by atoms with Gasteiger partial charge in [-0.2, -0.15) is 0 Å². The zero-order valence-electron chi connectivity index (χ0n) is 13.2. The highest BCUT2D eigenvalue weighted by Crippen LogP contribution is 2.29. The van der Waals surface area contributed by atoms with E-state index < -0.39 is 5.60 Å². The van der Waals surface area contributed by atoms with Gasteiger partial charge in [0, 0.05) is 12.6 Å². The monoisotopic (exact) mass is 281 g/mol. The van der Waals surface area contributed by atoms with Crippen molar-refractivity contribution in [2.45, 2.75) is 52.3 Å². The van der Waals surface area contributed by atoms with Crippen molar-refractivity contribution in [3.63, 3.8) is 0 Å². The van der Waals surface area contributed by atoms with Crippen LogP contribution in [0.1, 0.15) is 39.7 Å². The fraction of sp³-hybridized carbons (Fsp3) is 0.625. The van der Waals surface area contributed by atoms with Crippen molar-refractivity contribution in [3.05, 3.63) is 23.8 Å². The minimum Gasteiger partial charge on any atom is -0.493 e. The first-order valence-electron chi connectivity index (χ1n) is 7.13. The fourth-order valence-electron chi connectivity index (χ4n) is 1.60. The number of aliphatic hydroxyl groups is 1. The van der Waals surface area contributed by atoms with Crippen LogP contribution in [0.5, 0.6) is 11.5 Å².